The Morgan fingerprint density at radius 2 is 2.35 bits per heavy atom. The minimum atomic E-state index is -3.93. The first kappa shape index (κ1) is 13.1. The summed E-state index contributed by atoms with van der Waals surface area (Å²) in [6, 6.07) is 1.87. The van der Waals surface area contributed by atoms with Crippen LogP contribution in [0.2, 0.25) is 0 Å². The van der Waals surface area contributed by atoms with Crippen molar-refractivity contribution in [3.8, 4) is 6.07 Å². The number of sulfonamides is 1. The number of H-pyrrole nitrogens is 1. The van der Waals surface area contributed by atoms with Crippen molar-refractivity contribution < 1.29 is 18.3 Å². The third kappa shape index (κ3) is 3.27. The van der Waals surface area contributed by atoms with Crippen LogP contribution in [0.15, 0.2) is 11.2 Å². The van der Waals surface area contributed by atoms with Crippen LogP contribution in [0.25, 0.3) is 0 Å². The van der Waals surface area contributed by atoms with E-state index in [1.165, 1.54) is 0 Å². The van der Waals surface area contributed by atoms with E-state index in [2.05, 4.69) is 14.9 Å². The van der Waals surface area contributed by atoms with E-state index in [1.807, 2.05) is 6.07 Å². The van der Waals surface area contributed by atoms with Gasteiger partial charge in [-0.05, 0) is 6.42 Å². The maximum absolute atomic E-state index is 11.7. The molecule has 3 N–H and O–H groups in total. The molecule has 0 saturated carbocycles. The molecule has 0 spiro atoms. The predicted octanol–water partition coefficient (Wildman–Crippen LogP) is -0.310. The van der Waals surface area contributed by atoms with Gasteiger partial charge in [0.25, 0.3) is 10.0 Å². The van der Waals surface area contributed by atoms with Crippen LogP contribution in [0.1, 0.15) is 23.2 Å². The Labute approximate surface area is 97.3 Å². The van der Waals surface area contributed by atoms with Crippen molar-refractivity contribution in [2.45, 2.75) is 17.9 Å². The van der Waals surface area contributed by atoms with Gasteiger partial charge in [-0.2, -0.15) is 10.4 Å². The molecule has 1 rings (SSSR count). The largest absolute Gasteiger partial charge is 0.478 e. The molecule has 1 aromatic heterocycles. The lowest BCUT2D eigenvalue weighted by atomic mass is 10.3. The molecule has 0 amide bonds. The van der Waals surface area contributed by atoms with Crippen LogP contribution in [-0.4, -0.2) is 36.2 Å². The maximum atomic E-state index is 11.7. The number of carboxylic acids is 1. The van der Waals surface area contributed by atoms with Crippen molar-refractivity contribution in [3.63, 3.8) is 0 Å². The highest BCUT2D eigenvalue weighted by atomic mass is 32.2. The topological polar surface area (TPSA) is 136 Å². The summed E-state index contributed by atoms with van der Waals surface area (Å²) in [5.74, 6) is -1.38. The summed E-state index contributed by atoms with van der Waals surface area (Å²) in [5.41, 5.74) is -0.419. The molecule has 8 nitrogen and oxygen atoms in total. The van der Waals surface area contributed by atoms with Crippen molar-refractivity contribution in [2.75, 3.05) is 6.54 Å². The summed E-state index contributed by atoms with van der Waals surface area (Å²) in [7, 11) is -3.93. The molecular formula is C8H10N4O4S. The zero-order chi connectivity index (χ0) is 12.9. The van der Waals surface area contributed by atoms with Crippen LogP contribution in [0.3, 0.4) is 0 Å². The lowest BCUT2D eigenvalue weighted by Gasteiger charge is -2.03. The standard InChI is InChI=1S/C8H10N4O4S/c9-3-1-2-4-11-17(15,16)7-6(8(13)14)5-10-12-7/h5,11H,1-2,4H2,(H,10,12)(H,13,14). The van der Waals surface area contributed by atoms with E-state index in [0.717, 1.165) is 6.20 Å². The Morgan fingerprint density at radius 1 is 1.65 bits per heavy atom. The summed E-state index contributed by atoms with van der Waals surface area (Å²) in [6.07, 6.45) is 1.50. The van der Waals surface area contributed by atoms with E-state index < -0.39 is 26.6 Å². The number of nitrogens with one attached hydrogen (secondary N) is 2. The molecule has 0 saturated heterocycles. The van der Waals surface area contributed by atoms with Crippen LogP contribution < -0.4 is 4.72 Å². The molecule has 0 aliphatic heterocycles. The monoisotopic (exact) mass is 258 g/mol. The average molecular weight is 258 g/mol. The van der Waals surface area contributed by atoms with E-state index in [9.17, 15) is 13.2 Å². The first-order valence-corrected chi connectivity index (χ1v) is 6.10. The number of nitriles is 1. The van der Waals surface area contributed by atoms with E-state index in [-0.39, 0.29) is 13.0 Å². The molecule has 9 heteroatoms. The molecule has 0 fully saturated rings. The molecule has 0 radical (unpaired) electrons. The van der Waals surface area contributed by atoms with Gasteiger partial charge in [0.15, 0.2) is 5.03 Å². The summed E-state index contributed by atoms with van der Waals surface area (Å²) in [6.45, 7) is 0.0635. The van der Waals surface area contributed by atoms with Gasteiger partial charge in [-0.1, -0.05) is 0 Å². The molecule has 17 heavy (non-hydrogen) atoms. The second-order valence-corrected chi connectivity index (χ2v) is 4.78. The summed E-state index contributed by atoms with van der Waals surface area (Å²) >= 11 is 0. The van der Waals surface area contributed by atoms with Crippen molar-refractivity contribution >= 4 is 16.0 Å². The van der Waals surface area contributed by atoms with Gasteiger partial charge in [-0.3, -0.25) is 5.10 Å². The van der Waals surface area contributed by atoms with Gasteiger partial charge in [0.1, 0.15) is 5.56 Å². The van der Waals surface area contributed by atoms with Crippen LogP contribution in [0.5, 0.6) is 0 Å². The van der Waals surface area contributed by atoms with Crippen molar-refractivity contribution in [1.82, 2.24) is 14.9 Å². The van der Waals surface area contributed by atoms with E-state index in [0.29, 0.717) is 6.42 Å². The SMILES string of the molecule is N#CCCCNS(=O)(=O)c1[nH]ncc1C(=O)O. The molecule has 92 valence electrons. The van der Waals surface area contributed by atoms with Gasteiger partial charge in [0, 0.05) is 13.0 Å². The number of aromatic carboxylic acids is 1. The third-order valence-electron chi connectivity index (χ3n) is 1.86. The fourth-order valence-electron chi connectivity index (χ4n) is 1.08. The third-order valence-corrected chi connectivity index (χ3v) is 3.29. The first-order chi connectivity index (χ1) is 7.99. The Kier molecular flexibility index (Phi) is 4.19. The number of hydrogen-bond acceptors (Lipinski definition) is 5. The van der Waals surface area contributed by atoms with Crippen molar-refractivity contribution in [1.29, 1.82) is 5.26 Å². The molecule has 0 aliphatic rings. The van der Waals surface area contributed by atoms with Crippen LogP contribution in [-0.2, 0) is 10.0 Å². The maximum Gasteiger partial charge on any atom is 0.340 e. The highest BCUT2D eigenvalue weighted by Crippen LogP contribution is 2.11. The minimum absolute atomic E-state index is 0.0635. The van der Waals surface area contributed by atoms with Crippen LogP contribution in [0.4, 0.5) is 0 Å². The number of hydrogen-bond donors (Lipinski definition) is 3. The van der Waals surface area contributed by atoms with Gasteiger partial charge in [-0.15, -0.1) is 0 Å². The summed E-state index contributed by atoms with van der Waals surface area (Å²) in [5, 5.41) is 22.0. The highest BCUT2D eigenvalue weighted by Gasteiger charge is 2.24. The molecule has 0 unspecified atom stereocenters. The molecule has 1 heterocycles. The Balaban J connectivity index is 2.80. The Morgan fingerprint density at radius 3 is 2.94 bits per heavy atom. The zero-order valence-corrected chi connectivity index (χ0v) is 9.49. The molecule has 1 aromatic rings. The Hall–Kier alpha value is -1.92. The Bertz CT molecular complexity index is 542. The highest BCUT2D eigenvalue weighted by molar-refractivity contribution is 7.89. The summed E-state index contributed by atoms with van der Waals surface area (Å²) < 4.78 is 25.5. The molecular weight excluding hydrogens is 248 g/mol. The quantitative estimate of drug-likeness (QED) is 0.599. The van der Waals surface area contributed by atoms with E-state index in [1.54, 1.807) is 0 Å². The average Bonchev–Trinajstić information content (AvgIpc) is 2.74. The van der Waals surface area contributed by atoms with Crippen LogP contribution >= 0.6 is 0 Å². The number of nitrogens with zero attached hydrogens (tertiary/aromatic N) is 2. The van der Waals surface area contributed by atoms with Crippen molar-refractivity contribution in [3.05, 3.63) is 11.8 Å². The van der Waals surface area contributed by atoms with Gasteiger partial charge in [0.05, 0.1) is 12.3 Å². The molecule has 0 atom stereocenters. The summed E-state index contributed by atoms with van der Waals surface area (Å²) in [4.78, 5) is 10.7. The molecule has 0 aliphatic carbocycles. The lowest BCUT2D eigenvalue weighted by molar-refractivity contribution is 0.0692. The first-order valence-electron chi connectivity index (χ1n) is 4.62. The number of rotatable bonds is 6. The normalized spacial score (nSPS) is 11.0. The second kappa shape index (κ2) is 5.42. The number of carbonyl (C=O) groups is 1. The number of unbranched alkanes of at least 4 members (excludes halogenated alkanes) is 1. The lowest BCUT2D eigenvalue weighted by Crippen LogP contribution is -2.26. The van der Waals surface area contributed by atoms with E-state index >= 15 is 0 Å². The van der Waals surface area contributed by atoms with E-state index in [4.69, 9.17) is 10.4 Å². The van der Waals surface area contributed by atoms with Gasteiger partial charge in [-0.25, -0.2) is 17.9 Å². The fraction of sp³-hybridized carbons (Fsp3) is 0.375. The number of aromatic nitrogens is 2. The second-order valence-electron chi connectivity index (χ2n) is 3.08. The number of aromatic amines is 1. The van der Waals surface area contributed by atoms with Gasteiger partial charge >= 0.3 is 5.97 Å². The molecule has 0 aromatic carbocycles. The van der Waals surface area contributed by atoms with Gasteiger partial charge < -0.3 is 5.11 Å². The van der Waals surface area contributed by atoms with Gasteiger partial charge in [0.2, 0.25) is 0 Å². The predicted molar refractivity (Wildman–Crippen MR) is 55.6 cm³/mol. The smallest absolute Gasteiger partial charge is 0.340 e. The molecule has 0 bridgehead atoms. The van der Waals surface area contributed by atoms with Crippen LogP contribution in [0, 0.1) is 11.3 Å². The fourth-order valence-corrected chi connectivity index (χ4v) is 2.24. The number of carboxylic acid groups (broad SMARTS) is 1. The zero-order valence-electron chi connectivity index (χ0n) is 8.67. The minimum Gasteiger partial charge on any atom is -0.478 e. The van der Waals surface area contributed by atoms with Crippen molar-refractivity contribution in [2.24, 2.45) is 0 Å².